The maximum atomic E-state index is 12.6. The molecule has 7 nitrogen and oxygen atoms in total. The second kappa shape index (κ2) is 8.97. The number of benzene rings is 2. The van der Waals surface area contributed by atoms with Crippen LogP contribution in [0.5, 0.6) is 0 Å². The van der Waals surface area contributed by atoms with E-state index >= 15 is 0 Å². The number of carbonyl (C=O) groups is 2. The lowest BCUT2D eigenvalue weighted by Crippen LogP contribution is -2.15. The summed E-state index contributed by atoms with van der Waals surface area (Å²) in [5.74, 6) is 0.563. The second-order valence-electron chi connectivity index (χ2n) is 6.57. The third kappa shape index (κ3) is 5.62. The average molecular weight is 389 g/mol. The zero-order valence-corrected chi connectivity index (χ0v) is 16.6. The number of rotatable bonds is 6. The summed E-state index contributed by atoms with van der Waals surface area (Å²) in [5, 5.41) is 8.73. The topological polar surface area (TPSA) is 96.0 Å². The molecule has 0 atom stereocenters. The van der Waals surface area contributed by atoms with Crippen molar-refractivity contribution in [1.29, 1.82) is 0 Å². The lowest BCUT2D eigenvalue weighted by Gasteiger charge is -2.10. The molecule has 7 heteroatoms. The van der Waals surface area contributed by atoms with Gasteiger partial charge in [-0.15, -0.1) is 0 Å². The molecule has 0 unspecified atom stereocenters. The summed E-state index contributed by atoms with van der Waals surface area (Å²) in [6.07, 6.45) is 0.945. The molecule has 3 N–H and O–H groups in total. The van der Waals surface area contributed by atoms with Crippen LogP contribution in [0, 0.1) is 6.92 Å². The van der Waals surface area contributed by atoms with Crippen molar-refractivity contribution in [2.75, 3.05) is 16.0 Å². The van der Waals surface area contributed by atoms with E-state index in [1.165, 1.54) is 12.5 Å². The molecule has 0 fully saturated rings. The van der Waals surface area contributed by atoms with Crippen LogP contribution in [0.3, 0.4) is 0 Å². The second-order valence-corrected chi connectivity index (χ2v) is 6.57. The number of aromatic nitrogens is 2. The average Bonchev–Trinajstić information content (AvgIpc) is 2.69. The van der Waals surface area contributed by atoms with Crippen LogP contribution >= 0.6 is 0 Å². The van der Waals surface area contributed by atoms with E-state index in [4.69, 9.17) is 0 Å². The molecule has 0 saturated heterocycles. The highest BCUT2D eigenvalue weighted by Gasteiger charge is 2.11. The molecule has 2 aromatic carbocycles. The number of hydrogen-bond acceptors (Lipinski definition) is 5. The van der Waals surface area contributed by atoms with E-state index in [9.17, 15) is 9.59 Å². The van der Waals surface area contributed by atoms with Gasteiger partial charge in [0.05, 0.1) is 0 Å². The Morgan fingerprint density at radius 2 is 1.45 bits per heavy atom. The number of nitrogens with zero attached hydrogens (tertiary/aromatic N) is 2. The molecule has 0 aliphatic rings. The number of nitrogens with one attached hydrogen (secondary N) is 3. The highest BCUT2D eigenvalue weighted by atomic mass is 16.2. The summed E-state index contributed by atoms with van der Waals surface area (Å²) in [7, 11) is 0. The first-order valence-electron chi connectivity index (χ1n) is 9.33. The van der Waals surface area contributed by atoms with Crippen LogP contribution in [0.15, 0.2) is 54.6 Å². The molecule has 0 aliphatic carbocycles. The molecule has 29 heavy (non-hydrogen) atoms. The zero-order chi connectivity index (χ0) is 20.8. The van der Waals surface area contributed by atoms with E-state index < -0.39 is 0 Å². The van der Waals surface area contributed by atoms with Gasteiger partial charge in [-0.1, -0.05) is 19.1 Å². The molecule has 1 heterocycles. The lowest BCUT2D eigenvalue weighted by molar-refractivity contribution is -0.114. The van der Waals surface area contributed by atoms with Gasteiger partial charge in [-0.05, 0) is 55.3 Å². The van der Waals surface area contributed by atoms with Crippen molar-refractivity contribution in [2.24, 2.45) is 0 Å². The summed E-state index contributed by atoms with van der Waals surface area (Å²) in [4.78, 5) is 32.3. The van der Waals surface area contributed by atoms with Gasteiger partial charge in [0.1, 0.15) is 17.3 Å². The molecule has 3 aromatic rings. The van der Waals surface area contributed by atoms with Crippen molar-refractivity contribution in [3.63, 3.8) is 0 Å². The molecule has 1 aromatic heterocycles. The smallest absolute Gasteiger partial charge is 0.274 e. The van der Waals surface area contributed by atoms with E-state index in [0.717, 1.165) is 12.1 Å². The first-order chi connectivity index (χ1) is 13.9. The van der Waals surface area contributed by atoms with Gasteiger partial charge < -0.3 is 16.0 Å². The van der Waals surface area contributed by atoms with E-state index in [1.54, 1.807) is 25.1 Å². The number of carbonyl (C=O) groups excluding carboxylic acids is 2. The minimum Gasteiger partial charge on any atom is -0.340 e. The minimum absolute atomic E-state index is 0.128. The number of anilines is 4. The van der Waals surface area contributed by atoms with Gasteiger partial charge in [-0.2, -0.15) is 0 Å². The first-order valence-corrected chi connectivity index (χ1v) is 9.33. The Balaban J connectivity index is 1.73. The number of hydrogen-bond donors (Lipinski definition) is 3. The summed E-state index contributed by atoms with van der Waals surface area (Å²) < 4.78 is 0. The van der Waals surface area contributed by atoms with Gasteiger partial charge in [0, 0.05) is 30.1 Å². The Morgan fingerprint density at radius 3 is 2.07 bits per heavy atom. The molecular weight excluding hydrogens is 366 g/mol. The highest BCUT2D eigenvalue weighted by Crippen LogP contribution is 2.19. The Bertz CT molecular complexity index is 1010. The monoisotopic (exact) mass is 389 g/mol. The van der Waals surface area contributed by atoms with Crippen LogP contribution in [-0.4, -0.2) is 21.8 Å². The van der Waals surface area contributed by atoms with Crippen LogP contribution < -0.4 is 16.0 Å². The van der Waals surface area contributed by atoms with E-state index in [0.29, 0.717) is 23.0 Å². The summed E-state index contributed by atoms with van der Waals surface area (Å²) >= 11 is 0. The van der Waals surface area contributed by atoms with Gasteiger partial charge in [-0.25, -0.2) is 9.97 Å². The molecule has 0 spiro atoms. The van der Waals surface area contributed by atoms with Crippen molar-refractivity contribution >= 4 is 34.7 Å². The van der Waals surface area contributed by atoms with Gasteiger partial charge in [0.25, 0.3) is 5.91 Å². The minimum atomic E-state index is -0.302. The Labute approximate surface area is 169 Å². The third-order valence-corrected chi connectivity index (χ3v) is 4.17. The van der Waals surface area contributed by atoms with Crippen LogP contribution in [0.2, 0.25) is 0 Å². The fourth-order valence-corrected chi connectivity index (χ4v) is 2.75. The Hall–Kier alpha value is -3.74. The fourth-order valence-electron chi connectivity index (χ4n) is 2.75. The van der Waals surface area contributed by atoms with Crippen molar-refractivity contribution in [1.82, 2.24) is 9.97 Å². The third-order valence-electron chi connectivity index (χ3n) is 4.17. The van der Waals surface area contributed by atoms with E-state index in [-0.39, 0.29) is 17.5 Å². The Morgan fingerprint density at radius 1 is 0.862 bits per heavy atom. The summed E-state index contributed by atoms with van der Waals surface area (Å²) in [6.45, 7) is 5.28. The van der Waals surface area contributed by atoms with Crippen LogP contribution in [0.1, 0.15) is 35.7 Å². The summed E-state index contributed by atoms with van der Waals surface area (Å²) in [6, 6.07) is 16.5. The van der Waals surface area contributed by atoms with E-state index in [1.807, 2.05) is 36.4 Å². The highest BCUT2D eigenvalue weighted by molar-refractivity contribution is 6.03. The largest absolute Gasteiger partial charge is 0.340 e. The van der Waals surface area contributed by atoms with Gasteiger partial charge >= 0.3 is 0 Å². The van der Waals surface area contributed by atoms with E-state index in [2.05, 4.69) is 32.8 Å². The van der Waals surface area contributed by atoms with Crippen molar-refractivity contribution < 1.29 is 9.59 Å². The van der Waals surface area contributed by atoms with Crippen molar-refractivity contribution in [3.8, 4) is 0 Å². The predicted molar refractivity (Wildman–Crippen MR) is 115 cm³/mol. The van der Waals surface area contributed by atoms with Crippen LogP contribution in [0.4, 0.5) is 22.9 Å². The van der Waals surface area contributed by atoms with Crippen molar-refractivity contribution in [2.45, 2.75) is 27.2 Å². The zero-order valence-electron chi connectivity index (χ0n) is 16.6. The van der Waals surface area contributed by atoms with Gasteiger partial charge in [0.2, 0.25) is 5.91 Å². The van der Waals surface area contributed by atoms with Gasteiger partial charge in [-0.3, -0.25) is 9.59 Å². The molecule has 0 bridgehead atoms. The predicted octanol–water partition coefficient (Wildman–Crippen LogP) is 4.30. The van der Waals surface area contributed by atoms with Crippen LogP contribution in [-0.2, 0) is 11.2 Å². The number of aryl methyl sites for hydroxylation is 2. The van der Waals surface area contributed by atoms with Crippen LogP contribution in [0.25, 0.3) is 0 Å². The van der Waals surface area contributed by atoms with Crippen molar-refractivity contribution in [3.05, 3.63) is 71.7 Å². The lowest BCUT2D eigenvalue weighted by atomic mass is 10.1. The quantitative estimate of drug-likeness (QED) is 0.584. The first kappa shape index (κ1) is 20.0. The standard InChI is InChI=1S/C22H23N5O2/c1-4-16-5-7-19(8-6-16)27-22(29)20-13-21(24-14(2)23-20)26-18-11-9-17(10-12-18)25-15(3)28/h5-13H,4H2,1-3H3,(H,25,28)(H,27,29)(H,23,24,26). The molecule has 0 saturated carbocycles. The fraction of sp³-hybridized carbons (Fsp3) is 0.182. The SMILES string of the molecule is CCc1ccc(NC(=O)c2cc(Nc3ccc(NC(C)=O)cc3)nc(C)n2)cc1. The maximum Gasteiger partial charge on any atom is 0.274 e. The Kier molecular flexibility index (Phi) is 6.19. The van der Waals surface area contributed by atoms with Gasteiger partial charge in [0.15, 0.2) is 0 Å². The normalized spacial score (nSPS) is 10.3. The molecule has 148 valence electrons. The number of amides is 2. The summed E-state index contributed by atoms with van der Waals surface area (Å²) in [5.41, 5.74) is 3.67. The maximum absolute atomic E-state index is 12.6. The molecule has 3 rings (SSSR count). The molecular formula is C22H23N5O2. The molecule has 2 amide bonds. The molecule has 0 aliphatic heterocycles. The molecule has 0 radical (unpaired) electrons.